The molecule has 0 saturated carbocycles. The Morgan fingerprint density at radius 1 is 1.71 bits per heavy atom. The summed E-state index contributed by atoms with van der Waals surface area (Å²) in [6, 6.07) is 0.318. The third kappa shape index (κ3) is 3.30. The van der Waals surface area contributed by atoms with Crippen molar-refractivity contribution in [2.24, 2.45) is 0 Å². The van der Waals surface area contributed by atoms with Crippen molar-refractivity contribution in [3.63, 3.8) is 0 Å². The molecule has 4 heteroatoms. The first kappa shape index (κ1) is 10.9. The first-order valence-corrected chi connectivity index (χ1v) is 5.08. The molecular formula is C10H18N4. The van der Waals surface area contributed by atoms with Gasteiger partial charge < -0.3 is 5.32 Å². The molecule has 0 aliphatic heterocycles. The van der Waals surface area contributed by atoms with Gasteiger partial charge in [0.05, 0.1) is 17.9 Å². The lowest BCUT2D eigenvalue weighted by atomic mass is 10.1. The maximum atomic E-state index is 4.09. The Morgan fingerprint density at radius 3 is 3.14 bits per heavy atom. The molecule has 0 radical (unpaired) electrons. The molecule has 78 valence electrons. The highest BCUT2D eigenvalue weighted by atomic mass is 15.3. The van der Waals surface area contributed by atoms with Crippen LogP contribution in [0, 0.1) is 0 Å². The van der Waals surface area contributed by atoms with E-state index in [0.717, 1.165) is 31.5 Å². The maximum absolute atomic E-state index is 4.09. The van der Waals surface area contributed by atoms with Crippen molar-refractivity contribution >= 4 is 0 Å². The number of nitrogens with one attached hydrogen (secondary N) is 2. The van der Waals surface area contributed by atoms with Gasteiger partial charge in [0.1, 0.15) is 0 Å². The number of aromatic amines is 1. The minimum Gasteiger partial charge on any atom is -0.309 e. The standard InChI is InChI=1S/C10H18N4/c1-3-5-6-7-9(11-4-2)10-8-12-14-13-10/h3,8-9,11H,1,4-7H2,2H3,(H,12,13,14). The third-order valence-electron chi connectivity index (χ3n) is 2.14. The zero-order valence-electron chi connectivity index (χ0n) is 8.66. The molecule has 4 nitrogen and oxygen atoms in total. The molecule has 1 atom stereocenters. The van der Waals surface area contributed by atoms with Crippen LogP contribution in [0.2, 0.25) is 0 Å². The Bertz CT molecular complexity index is 243. The van der Waals surface area contributed by atoms with Gasteiger partial charge in [-0.15, -0.1) is 6.58 Å². The van der Waals surface area contributed by atoms with Crippen LogP contribution in [-0.4, -0.2) is 22.0 Å². The number of unbranched alkanes of at least 4 members (excludes halogenated alkanes) is 1. The Kier molecular flexibility index (Phi) is 4.93. The van der Waals surface area contributed by atoms with E-state index in [1.165, 1.54) is 0 Å². The highest BCUT2D eigenvalue weighted by molar-refractivity contribution is 4.99. The highest BCUT2D eigenvalue weighted by Gasteiger charge is 2.11. The number of nitrogens with zero attached hydrogens (tertiary/aromatic N) is 2. The van der Waals surface area contributed by atoms with Crippen LogP contribution >= 0.6 is 0 Å². The normalized spacial score (nSPS) is 12.6. The van der Waals surface area contributed by atoms with Gasteiger partial charge in [-0.3, -0.25) is 0 Å². The molecule has 0 amide bonds. The van der Waals surface area contributed by atoms with Gasteiger partial charge in [0.2, 0.25) is 0 Å². The van der Waals surface area contributed by atoms with Gasteiger partial charge >= 0.3 is 0 Å². The predicted octanol–water partition coefficient (Wildman–Crippen LogP) is 1.81. The second-order valence-corrected chi connectivity index (χ2v) is 3.22. The first-order valence-electron chi connectivity index (χ1n) is 5.08. The first-order chi connectivity index (χ1) is 6.88. The van der Waals surface area contributed by atoms with Crippen molar-refractivity contribution in [3.05, 3.63) is 24.5 Å². The summed E-state index contributed by atoms with van der Waals surface area (Å²) in [5, 5.41) is 13.9. The van der Waals surface area contributed by atoms with Gasteiger partial charge in [0, 0.05) is 0 Å². The van der Waals surface area contributed by atoms with Gasteiger partial charge in [-0.1, -0.05) is 13.0 Å². The Hall–Kier alpha value is -1.16. The zero-order valence-corrected chi connectivity index (χ0v) is 8.66. The quantitative estimate of drug-likeness (QED) is 0.514. The number of H-pyrrole nitrogens is 1. The number of allylic oxidation sites excluding steroid dienone is 1. The molecule has 0 aliphatic carbocycles. The molecule has 0 spiro atoms. The largest absolute Gasteiger partial charge is 0.309 e. The van der Waals surface area contributed by atoms with E-state index < -0.39 is 0 Å². The Labute approximate surface area is 84.8 Å². The van der Waals surface area contributed by atoms with E-state index in [4.69, 9.17) is 0 Å². The van der Waals surface area contributed by atoms with E-state index in [9.17, 15) is 0 Å². The van der Waals surface area contributed by atoms with Gasteiger partial charge in [0.25, 0.3) is 0 Å². The lowest BCUT2D eigenvalue weighted by Crippen LogP contribution is -2.21. The molecule has 1 aromatic rings. The average Bonchev–Trinajstić information content (AvgIpc) is 2.70. The van der Waals surface area contributed by atoms with Crippen molar-refractivity contribution in [2.75, 3.05) is 6.54 Å². The van der Waals surface area contributed by atoms with Crippen LogP contribution < -0.4 is 5.32 Å². The fraction of sp³-hybridized carbons (Fsp3) is 0.600. The lowest BCUT2D eigenvalue weighted by Gasteiger charge is -2.14. The molecular weight excluding hydrogens is 176 g/mol. The second kappa shape index (κ2) is 6.32. The van der Waals surface area contributed by atoms with E-state index in [-0.39, 0.29) is 0 Å². The zero-order chi connectivity index (χ0) is 10.2. The Morgan fingerprint density at radius 2 is 2.57 bits per heavy atom. The van der Waals surface area contributed by atoms with Crippen LogP contribution in [0.4, 0.5) is 0 Å². The van der Waals surface area contributed by atoms with Gasteiger partial charge in [-0.25, -0.2) is 0 Å². The fourth-order valence-corrected chi connectivity index (χ4v) is 1.45. The molecule has 0 saturated heterocycles. The summed E-state index contributed by atoms with van der Waals surface area (Å²) >= 11 is 0. The van der Waals surface area contributed by atoms with Crippen molar-refractivity contribution in [2.45, 2.75) is 32.2 Å². The molecule has 0 bridgehead atoms. The molecule has 0 fully saturated rings. The average molecular weight is 194 g/mol. The molecule has 0 aliphatic rings. The minimum atomic E-state index is 0.318. The molecule has 1 unspecified atom stereocenters. The monoisotopic (exact) mass is 194 g/mol. The van der Waals surface area contributed by atoms with Crippen LogP contribution in [-0.2, 0) is 0 Å². The van der Waals surface area contributed by atoms with Crippen molar-refractivity contribution < 1.29 is 0 Å². The molecule has 0 aromatic carbocycles. The SMILES string of the molecule is C=CCCCC(NCC)c1cn[nH]n1. The maximum Gasteiger partial charge on any atom is 0.0993 e. The highest BCUT2D eigenvalue weighted by Crippen LogP contribution is 2.15. The van der Waals surface area contributed by atoms with Crippen molar-refractivity contribution in [1.29, 1.82) is 0 Å². The lowest BCUT2D eigenvalue weighted by molar-refractivity contribution is 0.489. The topological polar surface area (TPSA) is 53.6 Å². The van der Waals surface area contributed by atoms with Crippen LogP contribution in [0.25, 0.3) is 0 Å². The molecule has 1 aromatic heterocycles. The summed E-state index contributed by atoms with van der Waals surface area (Å²) in [7, 11) is 0. The summed E-state index contributed by atoms with van der Waals surface area (Å²) in [4.78, 5) is 0. The van der Waals surface area contributed by atoms with E-state index in [1.54, 1.807) is 6.20 Å². The molecule has 14 heavy (non-hydrogen) atoms. The molecule has 1 rings (SSSR count). The van der Waals surface area contributed by atoms with Crippen LogP contribution in [0.5, 0.6) is 0 Å². The van der Waals surface area contributed by atoms with Gasteiger partial charge in [-0.2, -0.15) is 15.4 Å². The van der Waals surface area contributed by atoms with Gasteiger partial charge in [0.15, 0.2) is 0 Å². The number of rotatable bonds is 7. The minimum absolute atomic E-state index is 0.318. The van der Waals surface area contributed by atoms with E-state index in [2.05, 4.69) is 34.2 Å². The van der Waals surface area contributed by atoms with Crippen molar-refractivity contribution in [3.8, 4) is 0 Å². The molecule has 1 heterocycles. The van der Waals surface area contributed by atoms with Gasteiger partial charge in [-0.05, 0) is 25.8 Å². The van der Waals surface area contributed by atoms with Crippen LogP contribution in [0.3, 0.4) is 0 Å². The van der Waals surface area contributed by atoms with Crippen LogP contribution in [0.15, 0.2) is 18.9 Å². The number of hydrogen-bond acceptors (Lipinski definition) is 3. The second-order valence-electron chi connectivity index (χ2n) is 3.22. The summed E-state index contributed by atoms with van der Waals surface area (Å²) < 4.78 is 0. The van der Waals surface area contributed by atoms with E-state index in [1.807, 2.05) is 6.08 Å². The smallest absolute Gasteiger partial charge is 0.0993 e. The summed E-state index contributed by atoms with van der Waals surface area (Å²) in [6.45, 7) is 6.76. The molecule has 2 N–H and O–H groups in total. The number of hydrogen-bond donors (Lipinski definition) is 2. The summed E-state index contributed by atoms with van der Waals surface area (Å²) in [5.74, 6) is 0. The Balaban J connectivity index is 2.43. The third-order valence-corrected chi connectivity index (χ3v) is 2.14. The van der Waals surface area contributed by atoms with E-state index >= 15 is 0 Å². The number of aromatic nitrogens is 3. The van der Waals surface area contributed by atoms with E-state index in [0.29, 0.717) is 6.04 Å². The summed E-state index contributed by atoms with van der Waals surface area (Å²) in [6.07, 6.45) is 6.99. The van der Waals surface area contributed by atoms with Crippen LogP contribution in [0.1, 0.15) is 37.9 Å². The fourth-order valence-electron chi connectivity index (χ4n) is 1.45. The summed E-state index contributed by atoms with van der Waals surface area (Å²) in [5.41, 5.74) is 0.996. The predicted molar refractivity (Wildman–Crippen MR) is 56.8 cm³/mol. The van der Waals surface area contributed by atoms with Crippen molar-refractivity contribution in [1.82, 2.24) is 20.7 Å².